The van der Waals surface area contributed by atoms with E-state index >= 15 is 0 Å². The van der Waals surface area contributed by atoms with E-state index in [0.717, 1.165) is 11.7 Å². The minimum atomic E-state index is 0.239. The van der Waals surface area contributed by atoms with Crippen LogP contribution >= 0.6 is 23.6 Å². The van der Waals surface area contributed by atoms with Crippen LogP contribution in [0.25, 0.3) is 0 Å². The molecule has 21 heavy (non-hydrogen) atoms. The normalized spacial score (nSPS) is 19.5. The number of hydrogen-bond donors (Lipinski definition) is 1. The molecule has 2 heterocycles. The van der Waals surface area contributed by atoms with Gasteiger partial charge in [0, 0.05) is 11.4 Å². The van der Waals surface area contributed by atoms with Gasteiger partial charge in [0.15, 0.2) is 5.11 Å². The molecular weight excluding hydrogens is 296 g/mol. The third kappa shape index (κ3) is 3.27. The first kappa shape index (κ1) is 14.5. The van der Waals surface area contributed by atoms with Gasteiger partial charge in [0.2, 0.25) is 0 Å². The fourth-order valence-electron chi connectivity index (χ4n) is 2.88. The number of thiocarbonyl (C=S) groups is 1. The summed E-state index contributed by atoms with van der Waals surface area (Å²) in [7, 11) is 0. The molecule has 1 aromatic heterocycles. The monoisotopic (exact) mass is 316 g/mol. The van der Waals surface area contributed by atoms with Crippen molar-refractivity contribution in [3.63, 3.8) is 0 Å². The van der Waals surface area contributed by atoms with Gasteiger partial charge in [-0.1, -0.05) is 36.4 Å². The van der Waals surface area contributed by atoms with E-state index in [1.54, 1.807) is 0 Å². The molecule has 3 rings (SSSR count). The van der Waals surface area contributed by atoms with Gasteiger partial charge >= 0.3 is 0 Å². The summed E-state index contributed by atoms with van der Waals surface area (Å²) in [4.78, 5) is 3.77. The number of benzene rings is 1. The van der Waals surface area contributed by atoms with E-state index in [2.05, 4.69) is 58.9 Å². The highest BCUT2D eigenvalue weighted by Gasteiger charge is 2.29. The summed E-state index contributed by atoms with van der Waals surface area (Å²) in [5, 5.41) is 6.52. The molecule has 0 spiro atoms. The third-order valence-corrected chi connectivity index (χ3v) is 5.35. The molecule has 1 saturated heterocycles. The quantitative estimate of drug-likeness (QED) is 0.838. The van der Waals surface area contributed by atoms with Crippen molar-refractivity contribution in [2.75, 3.05) is 6.54 Å². The first-order valence-electron chi connectivity index (χ1n) is 7.41. The fraction of sp³-hybridized carbons (Fsp3) is 0.353. The largest absolute Gasteiger partial charge is 0.356 e. The number of rotatable bonds is 3. The Balaban J connectivity index is 1.67. The summed E-state index contributed by atoms with van der Waals surface area (Å²) >= 11 is 7.49. The molecule has 1 aromatic carbocycles. The molecule has 0 amide bonds. The zero-order valence-corrected chi connectivity index (χ0v) is 13.8. The number of nitrogens with one attached hydrogen (secondary N) is 1. The van der Waals surface area contributed by atoms with Gasteiger partial charge in [-0.2, -0.15) is 0 Å². The molecule has 0 aliphatic carbocycles. The van der Waals surface area contributed by atoms with Crippen molar-refractivity contribution < 1.29 is 0 Å². The topological polar surface area (TPSA) is 15.3 Å². The van der Waals surface area contributed by atoms with E-state index in [9.17, 15) is 0 Å². The second kappa shape index (κ2) is 6.58. The molecule has 0 saturated carbocycles. The summed E-state index contributed by atoms with van der Waals surface area (Å²) in [5.74, 6) is 0. The van der Waals surface area contributed by atoms with Gasteiger partial charge in [-0.05, 0) is 49.0 Å². The van der Waals surface area contributed by atoms with Crippen molar-refractivity contribution in [2.45, 2.75) is 31.8 Å². The zero-order valence-electron chi connectivity index (χ0n) is 12.2. The maximum atomic E-state index is 5.66. The summed E-state index contributed by atoms with van der Waals surface area (Å²) < 4.78 is 0. The van der Waals surface area contributed by atoms with Crippen LogP contribution in [0.3, 0.4) is 0 Å². The van der Waals surface area contributed by atoms with E-state index in [4.69, 9.17) is 12.2 Å². The number of thiophene rings is 1. The summed E-state index contributed by atoms with van der Waals surface area (Å²) in [6, 6.07) is 15.5. The molecule has 2 aromatic rings. The Morgan fingerprint density at radius 3 is 2.81 bits per heavy atom. The van der Waals surface area contributed by atoms with Gasteiger partial charge in [0.05, 0.1) is 12.1 Å². The van der Waals surface area contributed by atoms with E-state index in [0.29, 0.717) is 6.04 Å². The Hall–Kier alpha value is -1.39. The van der Waals surface area contributed by atoms with E-state index in [1.165, 1.54) is 23.3 Å². The number of likely N-dealkylation sites (tertiary alicyclic amines) is 1. The van der Waals surface area contributed by atoms with Crippen LogP contribution in [0.1, 0.15) is 42.3 Å². The Bertz CT molecular complexity index is 580. The van der Waals surface area contributed by atoms with Crippen molar-refractivity contribution in [2.24, 2.45) is 0 Å². The lowest BCUT2D eigenvalue weighted by Gasteiger charge is -2.29. The van der Waals surface area contributed by atoms with Crippen molar-refractivity contribution in [1.29, 1.82) is 0 Å². The lowest BCUT2D eigenvalue weighted by molar-refractivity contribution is 0.393. The van der Waals surface area contributed by atoms with Gasteiger partial charge in [0.1, 0.15) is 0 Å². The predicted molar refractivity (Wildman–Crippen MR) is 93.6 cm³/mol. The molecule has 4 heteroatoms. The maximum Gasteiger partial charge on any atom is 0.169 e. The van der Waals surface area contributed by atoms with Crippen molar-refractivity contribution in [1.82, 2.24) is 10.2 Å². The summed E-state index contributed by atoms with van der Waals surface area (Å²) in [6.07, 6.45) is 2.41. The minimum Gasteiger partial charge on any atom is -0.356 e. The Kier molecular flexibility index (Phi) is 4.56. The molecule has 1 aliphatic heterocycles. The third-order valence-electron chi connectivity index (χ3n) is 4.02. The van der Waals surface area contributed by atoms with Crippen LogP contribution in [-0.2, 0) is 0 Å². The molecular formula is C17H20N2S2. The molecule has 2 nitrogen and oxygen atoms in total. The molecule has 0 radical (unpaired) electrons. The Morgan fingerprint density at radius 1 is 1.29 bits per heavy atom. The van der Waals surface area contributed by atoms with Crippen molar-refractivity contribution >= 4 is 28.7 Å². The SMILES string of the molecule is C[C@@H](NC(=S)N1CCC[C@@H]1c1cccs1)c1ccccc1. The van der Waals surface area contributed by atoms with Crippen LogP contribution in [0.4, 0.5) is 0 Å². The second-order valence-corrected chi connectivity index (χ2v) is 6.81. The van der Waals surface area contributed by atoms with Crippen LogP contribution in [0.15, 0.2) is 47.8 Å². The van der Waals surface area contributed by atoms with Gasteiger partial charge < -0.3 is 10.2 Å². The zero-order chi connectivity index (χ0) is 14.7. The van der Waals surface area contributed by atoms with Crippen LogP contribution in [0.2, 0.25) is 0 Å². The molecule has 2 atom stereocenters. The maximum absolute atomic E-state index is 5.66. The summed E-state index contributed by atoms with van der Waals surface area (Å²) in [6.45, 7) is 3.22. The highest BCUT2D eigenvalue weighted by Crippen LogP contribution is 2.34. The van der Waals surface area contributed by atoms with Gasteiger partial charge in [0.25, 0.3) is 0 Å². The highest BCUT2D eigenvalue weighted by atomic mass is 32.1. The van der Waals surface area contributed by atoms with Crippen molar-refractivity contribution in [3.05, 3.63) is 58.3 Å². The van der Waals surface area contributed by atoms with Crippen LogP contribution < -0.4 is 5.32 Å². The Morgan fingerprint density at radius 2 is 2.10 bits per heavy atom. The van der Waals surface area contributed by atoms with Crippen LogP contribution in [0, 0.1) is 0 Å². The van der Waals surface area contributed by atoms with Crippen LogP contribution in [0.5, 0.6) is 0 Å². The first-order chi connectivity index (χ1) is 10.3. The molecule has 1 fully saturated rings. The lowest BCUT2D eigenvalue weighted by atomic mass is 10.1. The first-order valence-corrected chi connectivity index (χ1v) is 8.70. The van der Waals surface area contributed by atoms with Gasteiger partial charge in [-0.15, -0.1) is 11.3 Å². The van der Waals surface area contributed by atoms with Gasteiger partial charge in [-0.25, -0.2) is 0 Å². The molecule has 1 N–H and O–H groups in total. The average molecular weight is 316 g/mol. The molecule has 0 bridgehead atoms. The number of hydrogen-bond acceptors (Lipinski definition) is 2. The highest BCUT2D eigenvalue weighted by molar-refractivity contribution is 7.80. The summed E-state index contributed by atoms with van der Waals surface area (Å²) in [5.41, 5.74) is 1.27. The van der Waals surface area contributed by atoms with Gasteiger partial charge in [-0.3, -0.25) is 0 Å². The lowest BCUT2D eigenvalue weighted by Crippen LogP contribution is -2.40. The van der Waals surface area contributed by atoms with Crippen LogP contribution in [-0.4, -0.2) is 16.6 Å². The molecule has 0 unspecified atom stereocenters. The standard InChI is InChI=1S/C17H20N2S2/c1-13(14-7-3-2-4-8-14)18-17(20)19-11-5-9-15(19)16-10-6-12-21-16/h2-4,6-8,10,12-13,15H,5,9,11H2,1H3,(H,18,20)/t13-,15-/m1/s1. The Labute approximate surface area is 135 Å². The van der Waals surface area contributed by atoms with E-state index < -0.39 is 0 Å². The molecule has 1 aliphatic rings. The van der Waals surface area contributed by atoms with E-state index in [1.807, 2.05) is 17.4 Å². The smallest absolute Gasteiger partial charge is 0.169 e. The van der Waals surface area contributed by atoms with E-state index in [-0.39, 0.29) is 6.04 Å². The molecule has 110 valence electrons. The fourth-order valence-corrected chi connectivity index (χ4v) is 4.15. The van der Waals surface area contributed by atoms with Crippen molar-refractivity contribution in [3.8, 4) is 0 Å². The predicted octanol–water partition coefficient (Wildman–Crippen LogP) is 4.52. The minimum absolute atomic E-state index is 0.239. The second-order valence-electron chi connectivity index (χ2n) is 5.45. The number of nitrogens with zero attached hydrogens (tertiary/aromatic N) is 1. The average Bonchev–Trinajstić information content (AvgIpc) is 3.18.